The number of aryl methyl sites for hydroxylation is 1. The fourth-order valence-corrected chi connectivity index (χ4v) is 0.907. The maximum atomic E-state index is 3.64. The molecule has 1 aromatic rings. The molecule has 0 aromatic heterocycles. The minimum absolute atomic E-state index is 1.19. The van der Waals surface area contributed by atoms with Crippen molar-refractivity contribution in [3.63, 3.8) is 0 Å². The Bertz CT molecular complexity index is 274. The second-order valence-electron chi connectivity index (χ2n) is 2.35. The zero-order valence-corrected chi connectivity index (χ0v) is 6.62. The Morgan fingerprint density at radius 1 is 1.36 bits per heavy atom. The molecule has 1 aromatic carbocycles. The van der Waals surface area contributed by atoms with Gasteiger partial charge in [0.05, 0.1) is 0 Å². The maximum absolute atomic E-state index is 3.64. The van der Waals surface area contributed by atoms with E-state index < -0.39 is 0 Å². The van der Waals surface area contributed by atoms with Crippen LogP contribution < -0.4 is 0 Å². The Morgan fingerprint density at radius 3 is 2.73 bits per heavy atom. The lowest BCUT2D eigenvalue weighted by molar-refractivity contribution is 1.44. The first kappa shape index (κ1) is 7.73. The van der Waals surface area contributed by atoms with Gasteiger partial charge in [0.25, 0.3) is 0 Å². The Morgan fingerprint density at radius 2 is 2.09 bits per heavy atom. The molecule has 0 heterocycles. The van der Waals surface area contributed by atoms with Crippen LogP contribution in [0.1, 0.15) is 11.1 Å². The third-order valence-corrected chi connectivity index (χ3v) is 1.55. The Labute approximate surface area is 67.1 Å². The Kier molecular flexibility index (Phi) is 2.61. The summed E-state index contributed by atoms with van der Waals surface area (Å²) in [6, 6.07) is 8.16. The maximum Gasteiger partial charge on any atom is 0.0266 e. The van der Waals surface area contributed by atoms with Crippen LogP contribution in [0.3, 0.4) is 0 Å². The molecule has 0 saturated heterocycles. The highest BCUT2D eigenvalue weighted by Crippen LogP contribution is 2.08. The summed E-state index contributed by atoms with van der Waals surface area (Å²) < 4.78 is 0. The molecule has 56 valence electrons. The van der Waals surface area contributed by atoms with Gasteiger partial charge in [0.15, 0.2) is 0 Å². The number of aliphatic imine (C=N–C) groups is 1. The third kappa shape index (κ3) is 2.04. The molecule has 0 saturated carbocycles. The van der Waals surface area contributed by atoms with Crippen LogP contribution in [-0.2, 0) is 0 Å². The summed E-state index contributed by atoms with van der Waals surface area (Å²) in [6.45, 7) is 5.44. The topological polar surface area (TPSA) is 12.4 Å². The lowest BCUT2D eigenvalue weighted by Gasteiger charge is -1.96. The highest BCUT2D eigenvalue weighted by Gasteiger charge is 1.88. The van der Waals surface area contributed by atoms with Gasteiger partial charge in [-0.3, -0.25) is 4.99 Å². The molecule has 0 aliphatic heterocycles. The Hall–Kier alpha value is -1.37. The van der Waals surface area contributed by atoms with Crippen molar-refractivity contribution < 1.29 is 0 Å². The molecule has 0 bridgehead atoms. The number of nitrogens with zero attached hydrogens (tertiary/aromatic N) is 1. The van der Waals surface area contributed by atoms with E-state index in [0.29, 0.717) is 0 Å². The zero-order chi connectivity index (χ0) is 8.10. The summed E-state index contributed by atoms with van der Waals surface area (Å²) in [5, 5.41) is 0. The monoisotopic (exact) mass is 145 g/mol. The summed E-state index contributed by atoms with van der Waals surface area (Å²) in [5.41, 5.74) is 2.45. The third-order valence-electron chi connectivity index (χ3n) is 1.55. The van der Waals surface area contributed by atoms with Crippen molar-refractivity contribution >= 4 is 12.8 Å². The average molecular weight is 145 g/mol. The van der Waals surface area contributed by atoms with Crippen molar-refractivity contribution in [3.8, 4) is 0 Å². The highest BCUT2D eigenvalue weighted by atomic mass is 14.6. The van der Waals surface area contributed by atoms with Crippen molar-refractivity contribution in [2.75, 3.05) is 0 Å². The van der Waals surface area contributed by atoms with Gasteiger partial charge in [-0.25, -0.2) is 0 Å². The van der Waals surface area contributed by atoms with Crippen molar-refractivity contribution in [3.05, 3.63) is 41.6 Å². The molecular formula is C10H11N. The summed E-state index contributed by atoms with van der Waals surface area (Å²) in [4.78, 5) is 3.64. The van der Waals surface area contributed by atoms with Crippen LogP contribution >= 0.6 is 0 Å². The first-order valence-electron chi connectivity index (χ1n) is 3.52. The van der Waals surface area contributed by atoms with Crippen LogP contribution in [0.25, 0.3) is 6.08 Å². The molecule has 0 atom stereocenters. The van der Waals surface area contributed by atoms with E-state index >= 15 is 0 Å². The van der Waals surface area contributed by atoms with Crippen LogP contribution in [0.4, 0.5) is 0 Å². The van der Waals surface area contributed by atoms with Crippen LogP contribution in [0.15, 0.2) is 35.5 Å². The van der Waals surface area contributed by atoms with Crippen LogP contribution in [0.5, 0.6) is 0 Å². The molecule has 1 nitrogen and oxygen atoms in total. The fraction of sp³-hybridized carbons (Fsp3) is 0.100. The molecule has 0 aliphatic carbocycles. The Balaban J connectivity index is 2.94. The van der Waals surface area contributed by atoms with Crippen molar-refractivity contribution in [2.45, 2.75) is 6.92 Å². The van der Waals surface area contributed by atoms with Crippen molar-refractivity contribution in [1.29, 1.82) is 0 Å². The molecule has 0 amide bonds. The molecule has 0 unspecified atom stereocenters. The first-order chi connectivity index (χ1) is 5.34. The van der Waals surface area contributed by atoms with Gasteiger partial charge in [0, 0.05) is 6.20 Å². The van der Waals surface area contributed by atoms with Gasteiger partial charge in [-0.1, -0.05) is 24.3 Å². The molecule has 0 N–H and O–H groups in total. The van der Waals surface area contributed by atoms with Crippen LogP contribution in [-0.4, -0.2) is 6.72 Å². The second kappa shape index (κ2) is 3.71. The predicted octanol–water partition coefficient (Wildman–Crippen LogP) is 2.67. The van der Waals surface area contributed by atoms with Gasteiger partial charge >= 0.3 is 0 Å². The summed E-state index contributed by atoms with van der Waals surface area (Å²) >= 11 is 0. The quantitative estimate of drug-likeness (QED) is 0.567. The first-order valence-corrected chi connectivity index (χ1v) is 3.52. The van der Waals surface area contributed by atoms with E-state index in [2.05, 4.69) is 30.8 Å². The van der Waals surface area contributed by atoms with Gasteiger partial charge < -0.3 is 0 Å². The van der Waals surface area contributed by atoms with E-state index in [-0.39, 0.29) is 0 Å². The molecule has 11 heavy (non-hydrogen) atoms. The fourth-order valence-electron chi connectivity index (χ4n) is 0.907. The smallest absolute Gasteiger partial charge is 0.0266 e. The van der Waals surface area contributed by atoms with Gasteiger partial charge in [-0.15, -0.1) is 0 Å². The van der Waals surface area contributed by atoms with E-state index in [0.717, 1.165) is 0 Å². The minimum Gasteiger partial charge on any atom is -0.272 e. The van der Waals surface area contributed by atoms with Gasteiger partial charge in [0.2, 0.25) is 0 Å². The van der Waals surface area contributed by atoms with E-state index in [4.69, 9.17) is 0 Å². The SMILES string of the molecule is C=N/C=C\c1ccccc1C. The van der Waals surface area contributed by atoms with E-state index in [1.807, 2.05) is 18.2 Å². The standard InChI is InChI=1S/C10H11N/c1-9-5-3-4-6-10(9)7-8-11-2/h3-8H,2H2,1H3/b8-7-. The molecule has 0 spiro atoms. The van der Waals surface area contributed by atoms with E-state index in [1.54, 1.807) is 6.20 Å². The highest BCUT2D eigenvalue weighted by molar-refractivity contribution is 5.53. The molecule has 0 aliphatic rings. The average Bonchev–Trinajstić information content (AvgIpc) is 2.03. The second-order valence-corrected chi connectivity index (χ2v) is 2.35. The van der Waals surface area contributed by atoms with Crippen LogP contribution in [0, 0.1) is 6.92 Å². The predicted molar refractivity (Wildman–Crippen MR) is 49.8 cm³/mol. The van der Waals surface area contributed by atoms with Gasteiger partial charge in [0.1, 0.15) is 0 Å². The number of rotatable bonds is 2. The lowest BCUT2D eigenvalue weighted by Crippen LogP contribution is -1.76. The van der Waals surface area contributed by atoms with Crippen molar-refractivity contribution in [2.24, 2.45) is 4.99 Å². The largest absolute Gasteiger partial charge is 0.272 e. The molecular weight excluding hydrogens is 134 g/mol. The van der Waals surface area contributed by atoms with Gasteiger partial charge in [-0.2, -0.15) is 0 Å². The normalized spacial score (nSPS) is 10.3. The van der Waals surface area contributed by atoms with Gasteiger partial charge in [-0.05, 0) is 30.8 Å². The molecule has 1 heteroatoms. The van der Waals surface area contributed by atoms with Crippen molar-refractivity contribution in [1.82, 2.24) is 0 Å². The molecule has 0 fully saturated rings. The van der Waals surface area contributed by atoms with E-state index in [9.17, 15) is 0 Å². The lowest BCUT2D eigenvalue weighted by atomic mass is 10.1. The van der Waals surface area contributed by atoms with Crippen LogP contribution in [0.2, 0.25) is 0 Å². The molecule has 1 rings (SSSR count). The summed E-state index contributed by atoms with van der Waals surface area (Å²) in [7, 11) is 0. The minimum atomic E-state index is 1.19. The number of hydrogen-bond donors (Lipinski definition) is 0. The summed E-state index contributed by atoms with van der Waals surface area (Å²) in [6.07, 6.45) is 3.64. The van der Waals surface area contributed by atoms with E-state index in [1.165, 1.54) is 11.1 Å². The molecule has 0 radical (unpaired) electrons. The number of hydrogen-bond acceptors (Lipinski definition) is 1. The summed E-state index contributed by atoms with van der Waals surface area (Å²) in [5.74, 6) is 0. The number of benzene rings is 1. The zero-order valence-electron chi connectivity index (χ0n) is 6.62.